The van der Waals surface area contributed by atoms with Crippen molar-refractivity contribution in [3.05, 3.63) is 95.5 Å². The van der Waals surface area contributed by atoms with Crippen LogP contribution in [0.5, 0.6) is 0 Å². The summed E-state index contributed by atoms with van der Waals surface area (Å²) in [5.74, 6) is -3.48. The van der Waals surface area contributed by atoms with Crippen molar-refractivity contribution in [3.63, 3.8) is 0 Å². The van der Waals surface area contributed by atoms with Gasteiger partial charge in [-0.15, -0.1) is 10.2 Å². The van der Waals surface area contributed by atoms with Crippen molar-refractivity contribution < 1.29 is 74.0 Å². The van der Waals surface area contributed by atoms with Crippen molar-refractivity contribution in [2.24, 2.45) is 31.3 Å². The van der Waals surface area contributed by atoms with E-state index >= 15 is 0 Å². The maximum Gasteiger partial charge on any atom is 0.397 e. The van der Waals surface area contributed by atoms with Crippen LogP contribution in [0, 0.1) is 5.41 Å². The third-order valence-electron chi connectivity index (χ3n) is 7.22. The number of nitrogens with one attached hydrogen (secondary N) is 2. The Morgan fingerprint density at radius 3 is 1.53 bits per heavy atom. The van der Waals surface area contributed by atoms with Crippen LogP contribution in [-0.2, 0) is 63.8 Å². The van der Waals surface area contributed by atoms with E-state index in [9.17, 15) is 56.5 Å². The number of carbonyl (C=O) groups is 1. The number of azo groups is 2. The van der Waals surface area contributed by atoms with E-state index in [-0.39, 0.29) is 26.9 Å². The Bertz CT molecular complexity index is 2890. The fourth-order valence-electron chi connectivity index (χ4n) is 4.54. The number of carboxylic acid groups (broad SMARTS) is 1. The molecule has 0 amide bonds. The van der Waals surface area contributed by atoms with Gasteiger partial charge in [-0.25, -0.2) is 30.0 Å². The van der Waals surface area contributed by atoms with Gasteiger partial charge in [0.05, 0.1) is 57.3 Å². The molecule has 0 radical (unpaired) electrons. The molecule has 8 N–H and O–H groups in total. The Hall–Kier alpha value is -5.70. The molecule has 30 heteroatoms. The number of benzene rings is 3. The number of hydrazone groups is 1. The number of anilines is 1. The number of nitrogens with two attached hydrogens (primary N) is 1. The molecule has 0 spiro atoms. The highest BCUT2D eigenvalue weighted by Gasteiger charge is 2.35. The molecule has 316 valence electrons. The number of nitrogens with zero attached hydrogens (tertiary/aromatic N) is 5. The fourth-order valence-corrected chi connectivity index (χ4v) is 8.16. The molecule has 25 nitrogen and oxygen atoms in total. The molecule has 0 unspecified atom stereocenters. The third-order valence-corrected chi connectivity index (χ3v) is 12.4. The average molecular weight is 921 g/mol. The Balaban J connectivity index is 1.76. The normalized spacial score (nSPS) is 15.4. The second kappa shape index (κ2) is 18.1. The zero-order chi connectivity index (χ0) is 44.0. The molecule has 0 aliphatic heterocycles. The van der Waals surface area contributed by atoms with Crippen LogP contribution in [0.3, 0.4) is 0 Å². The Kier molecular flexibility index (Phi) is 14.1. The van der Waals surface area contributed by atoms with Crippen LogP contribution in [0.4, 0.5) is 17.1 Å². The van der Waals surface area contributed by atoms with Crippen molar-refractivity contribution in [1.82, 2.24) is 0 Å². The van der Waals surface area contributed by atoms with E-state index < -0.39 is 120 Å². The molecule has 0 fully saturated rings. The number of aliphatic carboxylic acids is 1. The predicted octanol–water partition coefficient (Wildman–Crippen LogP) is 2.00. The maximum absolute atomic E-state index is 12.7. The van der Waals surface area contributed by atoms with Crippen LogP contribution >= 0.6 is 0 Å². The van der Waals surface area contributed by atoms with Crippen molar-refractivity contribution >= 4 is 85.0 Å². The van der Waals surface area contributed by atoms with Gasteiger partial charge in [0.15, 0.2) is 19.7 Å². The molecular formula is C29H28N8O17S5. The molecular weight excluding hydrogens is 893 g/mol. The first-order valence-electron chi connectivity index (χ1n) is 15.5. The topological polar surface area (TPSA) is 411 Å². The second-order valence-electron chi connectivity index (χ2n) is 11.2. The zero-order valence-electron chi connectivity index (χ0n) is 29.2. The molecule has 0 heterocycles. The van der Waals surface area contributed by atoms with Gasteiger partial charge in [-0.05, 0) is 60.7 Å². The lowest BCUT2D eigenvalue weighted by Crippen LogP contribution is -2.31. The van der Waals surface area contributed by atoms with Gasteiger partial charge in [-0.1, -0.05) is 12.1 Å². The van der Waals surface area contributed by atoms with Crippen LogP contribution in [0.25, 0.3) is 0 Å². The molecule has 59 heavy (non-hydrogen) atoms. The highest BCUT2D eigenvalue weighted by molar-refractivity contribution is 7.91. The Morgan fingerprint density at radius 1 is 0.661 bits per heavy atom. The van der Waals surface area contributed by atoms with Crippen LogP contribution in [0.15, 0.2) is 136 Å². The molecule has 1 aliphatic rings. The summed E-state index contributed by atoms with van der Waals surface area (Å²) in [7, 11) is -22.9. The summed E-state index contributed by atoms with van der Waals surface area (Å²) in [4.78, 5) is 11.3. The Morgan fingerprint density at radius 2 is 1.10 bits per heavy atom. The molecule has 0 atom stereocenters. The van der Waals surface area contributed by atoms with Gasteiger partial charge >= 0.3 is 26.8 Å². The number of rotatable bonds is 18. The van der Waals surface area contributed by atoms with E-state index in [0.717, 1.165) is 60.7 Å². The molecule has 0 saturated carbocycles. The maximum atomic E-state index is 12.7. The summed E-state index contributed by atoms with van der Waals surface area (Å²) in [5.41, 5.74) is 3.56. The number of para-hydroxylation sites is 1. The van der Waals surface area contributed by atoms with E-state index in [4.69, 9.17) is 20.2 Å². The first-order chi connectivity index (χ1) is 27.3. The average Bonchev–Trinajstić information content (AvgIpc) is 3.12. The van der Waals surface area contributed by atoms with Gasteiger partial charge in [-0.2, -0.15) is 40.6 Å². The largest absolute Gasteiger partial charge is 0.478 e. The van der Waals surface area contributed by atoms with Gasteiger partial charge in [0.25, 0.3) is 10.1 Å². The van der Waals surface area contributed by atoms with Crippen LogP contribution in [-0.4, -0.2) is 103 Å². The van der Waals surface area contributed by atoms with E-state index in [0.29, 0.717) is 0 Å². The SMILES string of the molecule is N=C1C(/N=N/c2ccc(S(=O)(=O)CCOS(=O)(=O)O)cc2)=C(N)C(/N=N/c2ccc(S(=O)(=O)CCOS(=O)(=O)O)cc2)=C(C(=O)O)C/1=N/Nc1ccccc1S(=O)(=O)O. The van der Waals surface area contributed by atoms with Gasteiger partial charge in [0.2, 0.25) is 0 Å². The monoisotopic (exact) mass is 920 g/mol. The van der Waals surface area contributed by atoms with Crippen LogP contribution in [0.1, 0.15) is 0 Å². The minimum atomic E-state index is -4.90. The third kappa shape index (κ3) is 12.6. The lowest BCUT2D eigenvalue weighted by Gasteiger charge is -2.19. The van der Waals surface area contributed by atoms with E-state index in [2.05, 4.69) is 39.4 Å². The minimum Gasteiger partial charge on any atom is -0.478 e. The van der Waals surface area contributed by atoms with E-state index in [1.807, 2.05) is 0 Å². The van der Waals surface area contributed by atoms with Crippen molar-refractivity contribution in [3.8, 4) is 0 Å². The van der Waals surface area contributed by atoms with Crippen LogP contribution < -0.4 is 11.2 Å². The van der Waals surface area contributed by atoms with Gasteiger partial charge in [-0.3, -0.25) is 24.5 Å². The van der Waals surface area contributed by atoms with Crippen molar-refractivity contribution in [2.75, 3.05) is 30.1 Å². The van der Waals surface area contributed by atoms with Crippen molar-refractivity contribution in [2.45, 2.75) is 14.7 Å². The predicted molar refractivity (Wildman–Crippen MR) is 202 cm³/mol. The molecule has 0 aromatic heterocycles. The lowest BCUT2D eigenvalue weighted by molar-refractivity contribution is -0.132. The van der Waals surface area contributed by atoms with Crippen molar-refractivity contribution in [1.29, 1.82) is 5.41 Å². The summed E-state index contributed by atoms with van der Waals surface area (Å²) < 4.78 is 152. The van der Waals surface area contributed by atoms with Gasteiger partial charge in [0.1, 0.15) is 33.3 Å². The second-order valence-corrected chi connectivity index (χ2v) is 19.0. The smallest absolute Gasteiger partial charge is 0.397 e. The number of hydrogen-bond donors (Lipinski definition) is 7. The summed E-state index contributed by atoms with van der Waals surface area (Å²) >= 11 is 0. The fraction of sp³-hybridized carbons (Fsp3) is 0.138. The van der Waals surface area contributed by atoms with E-state index in [1.165, 1.54) is 12.1 Å². The minimum absolute atomic E-state index is 0.0688. The summed E-state index contributed by atoms with van der Waals surface area (Å²) in [6.45, 7) is -1.80. The number of carboxylic acids is 1. The van der Waals surface area contributed by atoms with Gasteiger partial charge < -0.3 is 10.8 Å². The number of hydrogen-bond acceptors (Lipinski definition) is 21. The number of sulfone groups is 2. The first kappa shape index (κ1) is 46.0. The molecule has 3 aromatic carbocycles. The van der Waals surface area contributed by atoms with E-state index in [1.54, 1.807) is 0 Å². The molecule has 0 saturated heterocycles. The molecule has 0 bridgehead atoms. The summed E-state index contributed by atoms with van der Waals surface area (Å²) in [6, 6.07) is 13.4. The molecule has 3 aromatic rings. The number of allylic oxidation sites excluding steroid dienone is 1. The Labute approximate surface area is 334 Å². The standard InChI is InChI=1S/C29H28N8O17S5/c30-24-26(35-32-17-5-9-19(10-6-17)55(40,41)15-13-53-58(47,48)49)23(29(38)39)27(36-34-21-3-1-2-4-22(21)57(44,45)46)25(31)28(24)37-33-18-7-11-20(12-8-18)56(42,43)16-14-54-59(50,51)52/h1-12,31,34H,13-16,30H2,(H,38,39)(H,44,45,46)(H,47,48,49)(H,50,51,52)/b31-25?,35-32+,36-27-,37-33+. The van der Waals surface area contributed by atoms with Crippen LogP contribution in [0.2, 0.25) is 0 Å². The first-order valence-corrected chi connectivity index (χ1v) is 23.0. The van der Waals surface area contributed by atoms with Gasteiger partial charge in [0, 0.05) is 0 Å². The highest BCUT2D eigenvalue weighted by atomic mass is 32.3. The lowest BCUT2D eigenvalue weighted by atomic mass is 9.94. The zero-order valence-corrected chi connectivity index (χ0v) is 33.3. The molecule has 4 rings (SSSR count). The summed E-state index contributed by atoms with van der Waals surface area (Å²) in [5, 5.41) is 38.5. The highest BCUT2D eigenvalue weighted by Crippen LogP contribution is 2.31. The quantitative estimate of drug-likeness (QED) is 0.0415. The molecule has 1 aliphatic carbocycles. The summed E-state index contributed by atoms with van der Waals surface area (Å²) in [6.07, 6.45) is 0.